The molecule has 1 heterocycles. The molecule has 1 aromatic carbocycles. The molecule has 0 saturated carbocycles. The highest BCUT2D eigenvalue weighted by Crippen LogP contribution is 2.29. The van der Waals surface area contributed by atoms with E-state index in [2.05, 4.69) is 0 Å². The van der Waals surface area contributed by atoms with E-state index in [1.54, 1.807) is 4.90 Å². The van der Waals surface area contributed by atoms with Gasteiger partial charge in [-0.25, -0.2) is 4.39 Å². The molecule has 3 N–H and O–H groups in total. The second-order valence-electron chi connectivity index (χ2n) is 4.21. The third kappa shape index (κ3) is 2.85. The van der Waals surface area contributed by atoms with Crippen molar-refractivity contribution in [2.24, 2.45) is 5.73 Å². The van der Waals surface area contributed by atoms with E-state index >= 15 is 0 Å². The van der Waals surface area contributed by atoms with Crippen LogP contribution in [0.5, 0.6) is 0 Å². The number of carbonyl (C=O) groups excluding carboxylic acids is 1. The zero-order chi connectivity index (χ0) is 13.8. The van der Waals surface area contributed by atoms with Crippen molar-refractivity contribution < 1.29 is 19.0 Å². The van der Waals surface area contributed by atoms with Gasteiger partial charge in [-0.2, -0.15) is 0 Å². The molecule has 1 aliphatic rings. The largest absolute Gasteiger partial charge is 0.396 e. The lowest BCUT2D eigenvalue weighted by Crippen LogP contribution is -2.38. The first-order valence-corrected chi connectivity index (χ1v) is 6.04. The van der Waals surface area contributed by atoms with E-state index in [0.29, 0.717) is 31.9 Å². The van der Waals surface area contributed by atoms with Gasteiger partial charge in [-0.1, -0.05) is 6.07 Å². The van der Waals surface area contributed by atoms with Gasteiger partial charge in [-0.05, 0) is 11.6 Å². The van der Waals surface area contributed by atoms with Crippen molar-refractivity contribution >= 4 is 11.6 Å². The fraction of sp³-hybridized carbons (Fsp3) is 0.385. The topological polar surface area (TPSA) is 75.8 Å². The highest BCUT2D eigenvalue weighted by Gasteiger charge is 2.24. The molecular formula is C13H16FN2O3. The third-order valence-electron chi connectivity index (χ3n) is 3.05. The summed E-state index contributed by atoms with van der Waals surface area (Å²) in [6.07, 6.45) is 1.43. The highest BCUT2D eigenvalue weighted by molar-refractivity contribution is 6.01. The van der Waals surface area contributed by atoms with Crippen LogP contribution in [-0.4, -0.2) is 43.9 Å². The molecule has 1 amide bonds. The first kappa shape index (κ1) is 13.8. The number of amides is 1. The Kier molecular flexibility index (Phi) is 4.34. The predicted octanol–water partition coefficient (Wildman–Crippen LogP) is 0.306. The fourth-order valence-electron chi connectivity index (χ4n) is 2.20. The smallest absolute Gasteiger partial charge is 0.251 e. The van der Waals surface area contributed by atoms with E-state index < -0.39 is 11.7 Å². The van der Waals surface area contributed by atoms with Crippen molar-refractivity contribution in [1.29, 1.82) is 0 Å². The van der Waals surface area contributed by atoms with E-state index in [1.165, 1.54) is 18.6 Å². The number of aliphatic hydroxyl groups is 1. The van der Waals surface area contributed by atoms with Crippen LogP contribution in [0.3, 0.4) is 0 Å². The molecule has 0 spiro atoms. The van der Waals surface area contributed by atoms with Gasteiger partial charge in [0.05, 0.1) is 31.1 Å². The number of benzene rings is 1. The summed E-state index contributed by atoms with van der Waals surface area (Å²) in [5, 5.41) is 8.96. The van der Waals surface area contributed by atoms with Gasteiger partial charge in [-0.15, -0.1) is 0 Å². The summed E-state index contributed by atoms with van der Waals surface area (Å²) < 4.78 is 19.3. The molecule has 103 valence electrons. The molecule has 0 bridgehead atoms. The highest BCUT2D eigenvalue weighted by atomic mass is 19.1. The Labute approximate surface area is 110 Å². The molecule has 1 saturated heterocycles. The van der Waals surface area contributed by atoms with Crippen molar-refractivity contribution in [1.82, 2.24) is 0 Å². The summed E-state index contributed by atoms with van der Waals surface area (Å²) in [5.41, 5.74) is 6.10. The van der Waals surface area contributed by atoms with Gasteiger partial charge < -0.3 is 20.5 Å². The van der Waals surface area contributed by atoms with Crippen LogP contribution in [0.4, 0.5) is 10.1 Å². The van der Waals surface area contributed by atoms with Gasteiger partial charge >= 0.3 is 0 Å². The number of nitrogens with zero attached hydrogens (tertiary/aromatic N) is 1. The molecule has 19 heavy (non-hydrogen) atoms. The quantitative estimate of drug-likeness (QED) is 0.823. The maximum atomic E-state index is 14.0. The zero-order valence-corrected chi connectivity index (χ0v) is 10.4. The fourth-order valence-corrected chi connectivity index (χ4v) is 2.20. The van der Waals surface area contributed by atoms with Crippen molar-refractivity contribution in [2.45, 2.75) is 0 Å². The van der Waals surface area contributed by atoms with Crippen molar-refractivity contribution in [3.8, 4) is 0 Å². The lowest BCUT2D eigenvalue weighted by Gasteiger charge is -2.31. The molecule has 1 aliphatic heterocycles. The summed E-state index contributed by atoms with van der Waals surface area (Å²) in [7, 11) is 0. The summed E-state index contributed by atoms with van der Waals surface area (Å²) >= 11 is 0. The second kappa shape index (κ2) is 5.99. The maximum Gasteiger partial charge on any atom is 0.251 e. The van der Waals surface area contributed by atoms with Gasteiger partial charge in [0.15, 0.2) is 0 Å². The van der Waals surface area contributed by atoms with E-state index in [1.807, 2.05) is 0 Å². The maximum absolute atomic E-state index is 14.0. The predicted molar refractivity (Wildman–Crippen MR) is 68.4 cm³/mol. The monoisotopic (exact) mass is 267 g/mol. The minimum absolute atomic E-state index is 0.107. The molecule has 0 aliphatic carbocycles. The van der Waals surface area contributed by atoms with Gasteiger partial charge in [0.25, 0.3) is 5.91 Å². The summed E-state index contributed by atoms with van der Waals surface area (Å²) in [6, 6.07) is 2.72. The Morgan fingerprint density at radius 2 is 2.16 bits per heavy atom. The van der Waals surface area contributed by atoms with Crippen LogP contribution in [0, 0.1) is 12.2 Å². The molecule has 1 aromatic rings. The number of halogens is 1. The van der Waals surface area contributed by atoms with Crippen molar-refractivity contribution in [2.75, 3.05) is 37.8 Å². The van der Waals surface area contributed by atoms with E-state index in [0.717, 1.165) is 0 Å². The minimum atomic E-state index is -0.708. The average molecular weight is 267 g/mol. The number of hydrogen-bond acceptors (Lipinski definition) is 4. The molecule has 0 atom stereocenters. The van der Waals surface area contributed by atoms with Crippen LogP contribution in [0.1, 0.15) is 15.9 Å². The van der Waals surface area contributed by atoms with Gasteiger partial charge in [-0.3, -0.25) is 4.79 Å². The molecule has 5 nitrogen and oxygen atoms in total. The van der Waals surface area contributed by atoms with Crippen LogP contribution < -0.4 is 10.6 Å². The number of ether oxygens (including phenoxy) is 1. The third-order valence-corrected chi connectivity index (χ3v) is 3.05. The van der Waals surface area contributed by atoms with Crippen LogP contribution in [0.2, 0.25) is 0 Å². The van der Waals surface area contributed by atoms with E-state index in [4.69, 9.17) is 15.6 Å². The lowest BCUT2D eigenvalue weighted by atomic mass is 10.0. The summed E-state index contributed by atoms with van der Waals surface area (Å²) in [6.45, 7) is 1.71. The zero-order valence-electron chi connectivity index (χ0n) is 10.4. The first-order valence-electron chi connectivity index (χ1n) is 6.04. The Morgan fingerprint density at radius 1 is 1.47 bits per heavy atom. The Bertz CT molecular complexity index is 473. The number of anilines is 1. The van der Waals surface area contributed by atoms with Crippen LogP contribution in [-0.2, 0) is 4.74 Å². The van der Waals surface area contributed by atoms with Crippen LogP contribution >= 0.6 is 0 Å². The SMILES string of the molecule is NC(=O)c1c([CH]CO)ccc(F)c1N1CCOCC1. The van der Waals surface area contributed by atoms with Gasteiger partial charge in [0.1, 0.15) is 5.82 Å². The van der Waals surface area contributed by atoms with Crippen molar-refractivity contribution in [3.05, 3.63) is 35.5 Å². The van der Waals surface area contributed by atoms with E-state index in [-0.39, 0.29) is 17.9 Å². The number of primary amides is 1. The number of morpholine rings is 1. The summed E-state index contributed by atoms with van der Waals surface area (Å²) in [4.78, 5) is 13.4. The number of carbonyl (C=O) groups is 1. The molecular weight excluding hydrogens is 251 g/mol. The number of rotatable bonds is 4. The Hall–Kier alpha value is -1.66. The minimum Gasteiger partial charge on any atom is -0.396 e. The molecule has 1 radical (unpaired) electrons. The molecule has 2 rings (SSSR count). The molecule has 0 unspecified atom stereocenters. The van der Waals surface area contributed by atoms with Gasteiger partial charge in [0, 0.05) is 19.5 Å². The lowest BCUT2D eigenvalue weighted by molar-refractivity contribution is 0.0997. The van der Waals surface area contributed by atoms with Crippen molar-refractivity contribution in [3.63, 3.8) is 0 Å². The molecule has 0 aromatic heterocycles. The van der Waals surface area contributed by atoms with Gasteiger partial charge in [0.2, 0.25) is 0 Å². The molecule has 1 fully saturated rings. The Morgan fingerprint density at radius 3 is 2.74 bits per heavy atom. The molecule has 6 heteroatoms. The second-order valence-corrected chi connectivity index (χ2v) is 4.21. The summed E-state index contributed by atoms with van der Waals surface area (Å²) in [5.74, 6) is -1.20. The normalized spacial score (nSPS) is 15.6. The average Bonchev–Trinajstić information content (AvgIpc) is 2.41. The van der Waals surface area contributed by atoms with Crippen LogP contribution in [0.15, 0.2) is 12.1 Å². The van der Waals surface area contributed by atoms with E-state index in [9.17, 15) is 9.18 Å². The Balaban J connectivity index is 2.49. The number of hydrogen-bond donors (Lipinski definition) is 2. The number of aliphatic hydroxyl groups excluding tert-OH is 1. The van der Waals surface area contributed by atoms with Crippen LogP contribution in [0.25, 0.3) is 0 Å². The number of nitrogens with two attached hydrogens (primary N) is 1. The first-order chi connectivity index (χ1) is 9.15. The standard InChI is InChI=1S/C13H16FN2O3/c14-10-2-1-9(3-6-17)11(13(15)18)12(10)16-4-7-19-8-5-16/h1-3,17H,4-8H2,(H2,15,18).